The van der Waals surface area contributed by atoms with Crippen molar-refractivity contribution in [2.45, 2.75) is 46.6 Å². The third-order valence-corrected chi connectivity index (χ3v) is 6.43. The maximum Gasteiger partial charge on any atom is 0.267 e. The van der Waals surface area contributed by atoms with Gasteiger partial charge in [0.25, 0.3) is 11.5 Å². The zero-order valence-electron chi connectivity index (χ0n) is 18.3. The zero-order valence-corrected chi connectivity index (χ0v) is 19.9. The lowest BCUT2D eigenvalue weighted by molar-refractivity contribution is -0.123. The molecule has 2 aromatic rings. The molecule has 1 amide bonds. The monoisotopic (exact) mass is 460 g/mol. The largest absolute Gasteiger partial charge is 0.382 e. The van der Waals surface area contributed by atoms with Crippen LogP contribution in [-0.4, -0.2) is 50.3 Å². The normalized spacial score (nSPS) is 16.5. The van der Waals surface area contributed by atoms with E-state index < -0.39 is 0 Å². The van der Waals surface area contributed by atoms with Crippen molar-refractivity contribution in [1.82, 2.24) is 14.3 Å². The first-order chi connectivity index (χ1) is 14.9. The van der Waals surface area contributed by atoms with Gasteiger partial charge in [-0.25, -0.2) is 4.98 Å². The molecule has 1 fully saturated rings. The SMILES string of the molecule is CCOCCCNc1nc2ccc(C)cn2c(=O)c1/C=C1/SC(=S)N(C(C)CC)C1=O. The summed E-state index contributed by atoms with van der Waals surface area (Å²) in [6, 6.07) is 3.74. The van der Waals surface area contributed by atoms with Crippen molar-refractivity contribution in [1.29, 1.82) is 0 Å². The van der Waals surface area contributed by atoms with Gasteiger partial charge in [0.2, 0.25) is 0 Å². The van der Waals surface area contributed by atoms with E-state index in [2.05, 4.69) is 10.3 Å². The van der Waals surface area contributed by atoms with E-state index in [1.54, 1.807) is 17.2 Å². The summed E-state index contributed by atoms with van der Waals surface area (Å²) in [6.45, 7) is 9.74. The van der Waals surface area contributed by atoms with E-state index in [1.165, 1.54) is 16.2 Å². The smallest absolute Gasteiger partial charge is 0.267 e. The molecule has 1 saturated heterocycles. The second-order valence-electron chi connectivity index (χ2n) is 7.40. The molecule has 0 aromatic carbocycles. The van der Waals surface area contributed by atoms with E-state index in [-0.39, 0.29) is 17.5 Å². The second-order valence-corrected chi connectivity index (χ2v) is 9.08. The number of rotatable bonds is 9. The number of amides is 1. The molecule has 1 atom stereocenters. The van der Waals surface area contributed by atoms with E-state index in [9.17, 15) is 9.59 Å². The minimum Gasteiger partial charge on any atom is -0.382 e. The number of hydrogen-bond acceptors (Lipinski definition) is 7. The Bertz CT molecular complexity index is 1080. The highest BCUT2D eigenvalue weighted by Gasteiger charge is 2.35. The minimum atomic E-state index is -0.227. The molecule has 31 heavy (non-hydrogen) atoms. The number of nitrogens with zero attached hydrogens (tertiary/aromatic N) is 3. The molecular formula is C22H28N4O3S2. The number of aryl methyl sites for hydroxylation is 1. The van der Waals surface area contributed by atoms with Crippen molar-refractivity contribution in [3.05, 3.63) is 44.7 Å². The van der Waals surface area contributed by atoms with Gasteiger partial charge in [-0.2, -0.15) is 0 Å². The molecule has 7 nitrogen and oxygen atoms in total. The molecule has 0 aliphatic carbocycles. The van der Waals surface area contributed by atoms with Crippen LogP contribution in [-0.2, 0) is 9.53 Å². The average molecular weight is 461 g/mol. The lowest BCUT2D eigenvalue weighted by Crippen LogP contribution is -2.36. The van der Waals surface area contributed by atoms with E-state index in [4.69, 9.17) is 17.0 Å². The van der Waals surface area contributed by atoms with Gasteiger partial charge in [-0.05, 0) is 51.3 Å². The summed E-state index contributed by atoms with van der Waals surface area (Å²) in [5, 5.41) is 3.25. The number of hydrogen-bond donors (Lipinski definition) is 1. The molecule has 0 bridgehead atoms. The van der Waals surface area contributed by atoms with Gasteiger partial charge < -0.3 is 10.1 Å². The van der Waals surface area contributed by atoms with E-state index in [0.717, 1.165) is 18.4 Å². The summed E-state index contributed by atoms with van der Waals surface area (Å²) in [5.74, 6) is 0.291. The molecule has 0 saturated carbocycles. The third kappa shape index (κ3) is 5.16. The molecule has 9 heteroatoms. The van der Waals surface area contributed by atoms with Crippen LogP contribution in [0.3, 0.4) is 0 Å². The molecule has 166 valence electrons. The number of thiocarbonyl (C=S) groups is 1. The number of anilines is 1. The van der Waals surface area contributed by atoms with Gasteiger partial charge in [-0.3, -0.25) is 18.9 Å². The summed E-state index contributed by atoms with van der Waals surface area (Å²) in [4.78, 5) is 33.0. The summed E-state index contributed by atoms with van der Waals surface area (Å²) in [5.41, 5.74) is 1.62. The lowest BCUT2D eigenvalue weighted by Gasteiger charge is -2.21. The third-order valence-electron chi connectivity index (χ3n) is 5.10. The maximum absolute atomic E-state index is 13.3. The van der Waals surface area contributed by atoms with Crippen molar-refractivity contribution < 1.29 is 9.53 Å². The molecule has 3 heterocycles. The molecular weight excluding hydrogens is 432 g/mol. The van der Waals surface area contributed by atoms with Crippen LogP contribution >= 0.6 is 24.0 Å². The Balaban J connectivity index is 2.02. The quantitative estimate of drug-likeness (QED) is 0.346. The Morgan fingerprint density at radius 2 is 2.10 bits per heavy atom. The van der Waals surface area contributed by atoms with E-state index in [0.29, 0.717) is 46.0 Å². The highest BCUT2D eigenvalue weighted by Crippen LogP contribution is 2.34. The Labute approximate surface area is 191 Å². The minimum absolute atomic E-state index is 0.00744. The van der Waals surface area contributed by atoms with E-state index >= 15 is 0 Å². The first kappa shape index (κ1) is 23.4. The molecule has 1 unspecified atom stereocenters. The highest BCUT2D eigenvalue weighted by atomic mass is 32.2. The molecule has 1 N–H and O–H groups in total. The van der Waals surface area contributed by atoms with Crippen LogP contribution in [0.25, 0.3) is 11.7 Å². The number of carbonyl (C=O) groups is 1. The van der Waals surface area contributed by atoms with Crippen molar-refractivity contribution >= 4 is 51.7 Å². The number of carbonyl (C=O) groups excluding carboxylic acids is 1. The molecule has 0 spiro atoms. The van der Waals surface area contributed by atoms with Crippen molar-refractivity contribution in [3.8, 4) is 0 Å². The standard InChI is InChI=1S/C22H28N4O3S2/c1-5-15(4)26-21(28)17(31-22(26)30)12-16-19(23-10-7-11-29-6-2)24-18-9-8-14(3)13-25(18)20(16)27/h8-9,12-13,15,23H,5-7,10-11H2,1-4H3/b17-12+. The van der Waals surface area contributed by atoms with Gasteiger partial charge in [-0.1, -0.05) is 37.0 Å². The van der Waals surface area contributed by atoms with Crippen LogP contribution in [0.2, 0.25) is 0 Å². The maximum atomic E-state index is 13.3. The van der Waals surface area contributed by atoms with Crippen molar-refractivity contribution in [3.63, 3.8) is 0 Å². The van der Waals surface area contributed by atoms with Crippen LogP contribution in [0.15, 0.2) is 28.0 Å². The molecule has 0 radical (unpaired) electrons. The number of aromatic nitrogens is 2. The number of thioether (sulfide) groups is 1. The first-order valence-corrected chi connectivity index (χ1v) is 11.7. The van der Waals surface area contributed by atoms with Crippen molar-refractivity contribution in [2.24, 2.45) is 0 Å². The first-order valence-electron chi connectivity index (χ1n) is 10.5. The fourth-order valence-corrected chi connectivity index (χ4v) is 4.67. The van der Waals surface area contributed by atoms with E-state index in [1.807, 2.05) is 39.8 Å². The van der Waals surface area contributed by atoms with Gasteiger partial charge >= 0.3 is 0 Å². The number of ether oxygens (including phenoxy) is 1. The second kappa shape index (κ2) is 10.4. The summed E-state index contributed by atoms with van der Waals surface area (Å²) in [7, 11) is 0. The van der Waals surface area contributed by atoms with Crippen LogP contribution in [0.4, 0.5) is 5.82 Å². The number of nitrogens with one attached hydrogen (secondary N) is 1. The van der Waals surface area contributed by atoms with Crippen LogP contribution in [0.5, 0.6) is 0 Å². The van der Waals surface area contributed by atoms with Crippen LogP contribution in [0, 0.1) is 6.92 Å². The summed E-state index contributed by atoms with van der Waals surface area (Å²) >= 11 is 6.65. The Hall–Kier alpha value is -2.23. The fourth-order valence-electron chi connectivity index (χ4n) is 3.22. The van der Waals surface area contributed by atoms with Gasteiger partial charge in [0.05, 0.1) is 10.5 Å². The Morgan fingerprint density at radius 1 is 1.32 bits per heavy atom. The fraction of sp³-hybridized carbons (Fsp3) is 0.455. The van der Waals surface area contributed by atoms with Gasteiger partial charge in [0.15, 0.2) is 0 Å². The van der Waals surface area contributed by atoms with Crippen LogP contribution in [0.1, 0.15) is 44.7 Å². The lowest BCUT2D eigenvalue weighted by atomic mass is 10.2. The van der Waals surface area contributed by atoms with Crippen LogP contribution < -0.4 is 10.9 Å². The zero-order chi connectivity index (χ0) is 22.5. The number of pyridine rings is 1. The number of fused-ring (bicyclic) bond motifs is 1. The highest BCUT2D eigenvalue weighted by molar-refractivity contribution is 8.26. The Morgan fingerprint density at radius 3 is 2.81 bits per heavy atom. The molecule has 1 aliphatic rings. The van der Waals surface area contributed by atoms with Crippen molar-refractivity contribution in [2.75, 3.05) is 25.1 Å². The predicted molar refractivity (Wildman–Crippen MR) is 131 cm³/mol. The van der Waals surface area contributed by atoms with Gasteiger partial charge in [-0.15, -0.1) is 0 Å². The van der Waals surface area contributed by atoms with Gasteiger partial charge in [0.1, 0.15) is 15.8 Å². The summed E-state index contributed by atoms with van der Waals surface area (Å²) < 4.78 is 7.41. The average Bonchev–Trinajstić information content (AvgIpc) is 3.03. The predicted octanol–water partition coefficient (Wildman–Crippen LogP) is 3.84. The summed E-state index contributed by atoms with van der Waals surface area (Å²) in [6.07, 6.45) is 4.95. The molecule has 1 aliphatic heterocycles. The Kier molecular flexibility index (Phi) is 7.85. The van der Waals surface area contributed by atoms with Gasteiger partial charge in [0, 0.05) is 32.0 Å². The molecule has 3 rings (SSSR count). The topological polar surface area (TPSA) is 75.9 Å². The molecule has 2 aromatic heterocycles.